The van der Waals surface area contributed by atoms with Gasteiger partial charge >= 0.3 is 0 Å². The van der Waals surface area contributed by atoms with E-state index in [2.05, 4.69) is 53.8 Å². The fourth-order valence-corrected chi connectivity index (χ4v) is 5.25. The third-order valence-corrected chi connectivity index (χ3v) is 7.14. The van der Waals surface area contributed by atoms with Gasteiger partial charge in [-0.05, 0) is 60.3 Å². The molecule has 0 amide bonds. The van der Waals surface area contributed by atoms with Crippen molar-refractivity contribution in [2.45, 2.75) is 76.2 Å². The molecule has 2 aromatic rings. The molecule has 2 nitrogen and oxygen atoms in total. The van der Waals surface area contributed by atoms with Crippen LogP contribution in [0.3, 0.4) is 0 Å². The number of ether oxygens (including phenoxy) is 1. The molecular weight excluding hydrogens is 330 g/mol. The van der Waals surface area contributed by atoms with Crippen molar-refractivity contribution in [1.29, 1.82) is 0 Å². The molecule has 0 aromatic heterocycles. The van der Waals surface area contributed by atoms with Crippen molar-refractivity contribution in [2.24, 2.45) is 5.92 Å². The van der Waals surface area contributed by atoms with E-state index in [4.69, 9.17) is 4.74 Å². The monoisotopic (exact) mass is 361 g/mol. The van der Waals surface area contributed by atoms with Crippen LogP contribution in [-0.2, 0) is 29.9 Å². The van der Waals surface area contributed by atoms with Gasteiger partial charge in [0, 0.05) is 12.6 Å². The number of benzene rings is 2. The summed E-state index contributed by atoms with van der Waals surface area (Å²) in [5.41, 5.74) is 5.81. The highest BCUT2D eigenvalue weighted by Gasteiger charge is 2.42. The maximum atomic E-state index is 6.30. The van der Waals surface area contributed by atoms with E-state index in [-0.39, 0.29) is 5.60 Å². The molecule has 2 saturated carbocycles. The van der Waals surface area contributed by atoms with Gasteiger partial charge in [-0.1, -0.05) is 67.8 Å². The molecule has 0 atom stereocenters. The molecular formula is C25H31NO. The van der Waals surface area contributed by atoms with Gasteiger partial charge in [0.2, 0.25) is 0 Å². The lowest BCUT2D eigenvalue weighted by molar-refractivity contribution is -0.0685. The van der Waals surface area contributed by atoms with Gasteiger partial charge in [0.1, 0.15) is 0 Å². The van der Waals surface area contributed by atoms with Crippen molar-refractivity contribution >= 4 is 0 Å². The summed E-state index contributed by atoms with van der Waals surface area (Å²) in [6.07, 6.45) is 10.3. The fourth-order valence-electron chi connectivity index (χ4n) is 5.25. The highest BCUT2D eigenvalue weighted by Crippen LogP contribution is 2.46. The molecule has 1 spiro atoms. The van der Waals surface area contributed by atoms with Crippen LogP contribution in [0.4, 0.5) is 0 Å². The Hall–Kier alpha value is -1.64. The Labute approximate surface area is 163 Å². The molecule has 1 aliphatic heterocycles. The molecule has 2 aromatic carbocycles. The first-order valence-electron chi connectivity index (χ1n) is 10.8. The fraction of sp³-hybridized carbons (Fsp3) is 0.520. The minimum Gasteiger partial charge on any atom is -0.366 e. The van der Waals surface area contributed by atoms with E-state index < -0.39 is 0 Å². The van der Waals surface area contributed by atoms with E-state index >= 15 is 0 Å². The zero-order valence-corrected chi connectivity index (χ0v) is 16.3. The molecule has 27 heavy (non-hydrogen) atoms. The first-order valence-corrected chi connectivity index (χ1v) is 10.8. The molecule has 1 N–H and O–H groups in total. The van der Waals surface area contributed by atoms with Gasteiger partial charge in [-0.15, -0.1) is 0 Å². The van der Waals surface area contributed by atoms with Crippen LogP contribution in [0.15, 0.2) is 48.5 Å². The molecule has 0 unspecified atom stereocenters. The highest BCUT2D eigenvalue weighted by molar-refractivity contribution is 5.36. The summed E-state index contributed by atoms with van der Waals surface area (Å²) >= 11 is 0. The highest BCUT2D eigenvalue weighted by atomic mass is 16.5. The number of rotatable bonds is 5. The molecule has 142 valence electrons. The quantitative estimate of drug-likeness (QED) is 0.760. The molecule has 2 aliphatic carbocycles. The van der Waals surface area contributed by atoms with Crippen molar-refractivity contribution in [1.82, 2.24) is 5.32 Å². The number of fused-ring (bicyclic) bond motifs is 2. The smallest absolute Gasteiger partial charge is 0.0940 e. The molecule has 1 heterocycles. The van der Waals surface area contributed by atoms with Crippen LogP contribution in [0.1, 0.15) is 67.2 Å². The Kier molecular flexibility index (Phi) is 4.79. The average molecular weight is 362 g/mol. The normalized spacial score (nSPS) is 27.5. The second kappa shape index (κ2) is 7.41. The van der Waals surface area contributed by atoms with Gasteiger partial charge in [0.25, 0.3) is 0 Å². The van der Waals surface area contributed by atoms with Crippen molar-refractivity contribution in [3.63, 3.8) is 0 Å². The number of hydrogen-bond acceptors (Lipinski definition) is 2. The average Bonchev–Trinajstić information content (AvgIpc) is 3.03. The number of hydrogen-bond donors (Lipinski definition) is 1. The molecule has 2 heteroatoms. The van der Waals surface area contributed by atoms with Crippen LogP contribution >= 0.6 is 0 Å². The van der Waals surface area contributed by atoms with Crippen LogP contribution < -0.4 is 5.32 Å². The number of nitrogens with one attached hydrogen (secondary N) is 1. The topological polar surface area (TPSA) is 21.3 Å². The Morgan fingerprint density at radius 3 is 2.56 bits per heavy atom. The summed E-state index contributed by atoms with van der Waals surface area (Å²) in [6, 6.07) is 18.7. The zero-order valence-electron chi connectivity index (χ0n) is 16.3. The van der Waals surface area contributed by atoms with Gasteiger partial charge in [-0.25, -0.2) is 0 Å². The van der Waals surface area contributed by atoms with E-state index in [1.807, 2.05) is 0 Å². The van der Waals surface area contributed by atoms with Gasteiger partial charge in [0.15, 0.2) is 0 Å². The third kappa shape index (κ3) is 3.58. The largest absolute Gasteiger partial charge is 0.366 e. The standard InChI is InChI=1S/C25H31NO/c1-2-10-24-22(9-1)18-27-25(24)13-11-23(12-14-25)26-17-21-8-4-7-20(16-21)15-19-5-3-6-19/h1-2,4,7-10,16,19,23,26H,3,5-6,11-15,17-18H2. The van der Waals surface area contributed by atoms with Crippen molar-refractivity contribution in [3.8, 4) is 0 Å². The van der Waals surface area contributed by atoms with E-state index in [0.29, 0.717) is 6.04 Å². The lowest BCUT2D eigenvalue weighted by atomic mass is 9.77. The summed E-state index contributed by atoms with van der Waals surface area (Å²) < 4.78 is 6.30. The van der Waals surface area contributed by atoms with E-state index in [1.165, 1.54) is 60.8 Å². The second-order valence-electron chi connectivity index (χ2n) is 8.92. The lowest BCUT2D eigenvalue weighted by Gasteiger charge is -2.37. The van der Waals surface area contributed by atoms with Crippen molar-refractivity contribution in [3.05, 3.63) is 70.8 Å². The van der Waals surface area contributed by atoms with Crippen LogP contribution in [0.5, 0.6) is 0 Å². The summed E-state index contributed by atoms with van der Waals surface area (Å²) in [5, 5.41) is 3.82. The lowest BCUT2D eigenvalue weighted by Crippen LogP contribution is -2.39. The van der Waals surface area contributed by atoms with E-state index in [1.54, 1.807) is 0 Å². The Bertz CT molecular complexity index is 786. The summed E-state index contributed by atoms with van der Waals surface area (Å²) in [6.45, 7) is 1.79. The van der Waals surface area contributed by atoms with E-state index in [0.717, 1.165) is 31.9 Å². The van der Waals surface area contributed by atoms with Gasteiger partial charge in [-0.2, -0.15) is 0 Å². The first-order chi connectivity index (χ1) is 13.3. The Morgan fingerprint density at radius 2 is 1.74 bits per heavy atom. The summed E-state index contributed by atoms with van der Waals surface area (Å²) in [5.74, 6) is 0.942. The summed E-state index contributed by atoms with van der Waals surface area (Å²) in [4.78, 5) is 0. The van der Waals surface area contributed by atoms with Crippen LogP contribution in [0.25, 0.3) is 0 Å². The maximum Gasteiger partial charge on any atom is 0.0940 e. The van der Waals surface area contributed by atoms with Crippen molar-refractivity contribution in [2.75, 3.05) is 0 Å². The Morgan fingerprint density at radius 1 is 0.926 bits per heavy atom. The first kappa shape index (κ1) is 17.5. The zero-order chi connectivity index (χ0) is 18.1. The third-order valence-electron chi connectivity index (χ3n) is 7.14. The molecule has 0 bridgehead atoms. The second-order valence-corrected chi connectivity index (χ2v) is 8.92. The predicted octanol–water partition coefficient (Wildman–Crippen LogP) is 5.49. The summed E-state index contributed by atoms with van der Waals surface area (Å²) in [7, 11) is 0. The molecule has 0 saturated heterocycles. The van der Waals surface area contributed by atoms with Gasteiger partial charge in [0.05, 0.1) is 12.2 Å². The van der Waals surface area contributed by atoms with Crippen LogP contribution in [0, 0.1) is 5.92 Å². The maximum absolute atomic E-state index is 6.30. The van der Waals surface area contributed by atoms with E-state index in [9.17, 15) is 0 Å². The molecule has 2 fully saturated rings. The minimum atomic E-state index is -0.00252. The molecule has 0 radical (unpaired) electrons. The molecule has 3 aliphatic rings. The van der Waals surface area contributed by atoms with Crippen LogP contribution in [-0.4, -0.2) is 6.04 Å². The predicted molar refractivity (Wildman–Crippen MR) is 109 cm³/mol. The van der Waals surface area contributed by atoms with Gasteiger partial charge in [-0.3, -0.25) is 0 Å². The van der Waals surface area contributed by atoms with Crippen molar-refractivity contribution < 1.29 is 4.74 Å². The van der Waals surface area contributed by atoms with Gasteiger partial charge < -0.3 is 10.1 Å². The SMILES string of the molecule is c1cc(CNC2CCC3(CC2)OCc2ccccc23)cc(CC2CCC2)c1. The van der Waals surface area contributed by atoms with Crippen LogP contribution in [0.2, 0.25) is 0 Å². The minimum absolute atomic E-state index is 0.00252. The molecule has 5 rings (SSSR count). The Balaban J connectivity index is 1.15.